The highest BCUT2D eigenvalue weighted by Crippen LogP contribution is 2.15. The van der Waals surface area contributed by atoms with Crippen molar-refractivity contribution in [3.63, 3.8) is 0 Å². The van der Waals surface area contributed by atoms with E-state index < -0.39 is 0 Å². The third kappa shape index (κ3) is 9.25. The van der Waals surface area contributed by atoms with E-state index in [-0.39, 0.29) is 18.1 Å². The van der Waals surface area contributed by atoms with Crippen molar-refractivity contribution >= 4 is 11.9 Å². The maximum absolute atomic E-state index is 11.8. The van der Waals surface area contributed by atoms with Crippen molar-refractivity contribution < 1.29 is 9.53 Å². The Morgan fingerprint density at radius 3 is 2.54 bits per heavy atom. The summed E-state index contributed by atoms with van der Waals surface area (Å²) in [6.07, 6.45) is 3.90. The van der Waals surface area contributed by atoms with E-state index in [1.807, 2.05) is 32.9 Å². The molecule has 0 fully saturated rings. The molecule has 0 radical (unpaired) electrons. The van der Waals surface area contributed by atoms with Gasteiger partial charge in [0, 0.05) is 32.9 Å². The Morgan fingerprint density at radius 2 is 2.00 bits per heavy atom. The number of carbonyl (C=O) groups is 1. The van der Waals surface area contributed by atoms with Gasteiger partial charge in [0.15, 0.2) is 5.96 Å². The van der Waals surface area contributed by atoms with Gasteiger partial charge in [-0.05, 0) is 32.8 Å². The molecule has 0 saturated carbocycles. The summed E-state index contributed by atoms with van der Waals surface area (Å²) in [6.45, 7) is 9.59. The van der Waals surface area contributed by atoms with Crippen LogP contribution in [0.3, 0.4) is 0 Å². The summed E-state index contributed by atoms with van der Waals surface area (Å²) >= 11 is 0. The highest BCUT2D eigenvalue weighted by Gasteiger charge is 2.12. The largest absolute Gasteiger partial charge is 0.472 e. The molecule has 1 aromatic heterocycles. The summed E-state index contributed by atoms with van der Waals surface area (Å²) in [5.41, 5.74) is 0.702. The Kier molecular flexibility index (Phi) is 8.88. The lowest BCUT2D eigenvalue weighted by Gasteiger charge is -2.20. The zero-order valence-corrected chi connectivity index (χ0v) is 16.9. The minimum atomic E-state index is -0.272. The number of rotatable bonds is 8. The molecule has 0 bridgehead atoms. The molecule has 7 nitrogen and oxygen atoms in total. The normalized spacial score (nSPS) is 11.8. The van der Waals surface area contributed by atoms with Crippen molar-refractivity contribution in [3.05, 3.63) is 23.9 Å². The van der Waals surface area contributed by atoms with E-state index in [9.17, 15) is 4.79 Å². The number of guanidine groups is 1. The summed E-state index contributed by atoms with van der Waals surface area (Å²) in [6, 6.07) is 3.80. The molecule has 0 aliphatic heterocycles. The summed E-state index contributed by atoms with van der Waals surface area (Å²) in [5, 5.41) is 6.33. The first-order valence-electron chi connectivity index (χ1n) is 9.07. The molecule has 2 N–H and O–H groups in total. The molecule has 0 saturated heterocycles. The lowest BCUT2D eigenvalue weighted by atomic mass is 10.2. The summed E-state index contributed by atoms with van der Waals surface area (Å²) in [4.78, 5) is 22.2. The smallest absolute Gasteiger partial charge is 0.241 e. The average molecular weight is 364 g/mol. The number of carbonyl (C=O) groups excluding carboxylic acids is 1. The molecule has 7 heteroatoms. The minimum Gasteiger partial charge on any atom is -0.472 e. The third-order valence-corrected chi connectivity index (χ3v) is 3.36. The van der Waals surface area contributed by atoms with Gasteiger partial charge in [0.25, 0.3) is 0 Å². The van der Waals surface area contributed by atoms with Gasteiger partial charge in [-0.3, -0.25) is 4.79 Å². The zero-order chi connectivity index (χ0) is 19.6. The lowest BCUT2D eigenvalue weighted by Crippen LogP contribution is -2.43. The summed E-state index contributed by atoms with van der Waals surface area (Å²) in [7, 11) is 3.47. The van der Waals surface area contributed by atoms with Crippen LogP contribution in [-0.2, 0) is 11.3 Å². The van der Waals surface area contributed by atoms with Crippen molar-refractivity contribution in [3.8, 4) is 5.88 Å². The number of amides is 1. The number of aromatic nitrogens is 1. The van der Waals surface area contributed by atoms with Crippen molar-refractivity contribution in [1.29, 1.82) is 0 Å². The average Bonchev–Trinajstić information content (AvgIpc) is 2.56. The van der Waals surface area contributed by atoms with Gasteiger partial charge in [-0.25, -0.2) is 9.98 Å². The van der Waals surface area contributed by atoms with Crippen LogP contribution in [0.5, 0.6) is 5.88 Å². The zero-order valence-electron chi connectivity index (χ0n) is 16.9. The Balaban J connectivity index is 2.67. The highest BCUT2D eigenvalue weighted by atomic mass is 16.5. The predicted molar refractivity (Wildman–Crippen MR) is 105 cm³/mol. The minimum absolute atomic E-state index is 0.000315. The van der Waals surface area contributed by atoms with E-state index in [0.717, 1.165) is 24.9 Å². The Hall–Kier alpha value is -2.31. The first-order chi connectivity index (χ1) is 12.2. The first kappa shape index (κ1) is 21.7. The van der Waals surface area contributed by atoms with E-state index in [0.29, 0.717) is 18.4 Å². The van der Waals surface area contributed by atoms with Crippen molar-refractivity contribution in [1.82, 2.24) is 20.5 Å². The summed E-state index contributed by atoms with van der Waals surface area (Å²) < 4.78 is 5.72. The van der Waals surface area contributed by atoms with Gasteiger partial charge in [-0.1, -0.05) is 19.4 Å². The number of unbranched alkanes of at least 4 members (excludes halogenated alkanes) is 1. The molecule has 1 amide bonds. The number of ether oxygens (including phenoxy) is 1. The van der Waals surface area contributed by atoms with Crippen LogP contribution < -0.4 is 15.4 Å². The number of hydrogen-bond acceptors (Lipinski definition) is 4. The maximum Gasteiger partial charge on any atom is 0.241 e. The quantitative estimate of drug-likeness (QED) is 0.420. The SMILES string of the molecule is CCCCNC(=NCc1ccc(OC(C)(C)C)nc1)NCC(=O)N(C)C. The Labute approximate surface area is 157 Å². The Bertz CT molecular complexity index is 577. The van der Waals surface area contributed by atoms with Crippen molar-refractivity contribution in [2.75, 3.05) is 27.2 Å². The topological polar surface area (TPSA) is 78.9 Å². The number of aliphatic imine (C=N–C) groups is 1. The van der Waals surface area contributed by atoms with Gasteiger partial charge in [0.1, 0.15) is 5.60 Å². The molecule has 26 heavy (non-hydrogen) atoms. The molecule has 1 rings (SSSR count). The number of nitrogens with zero attached hydrogens (tertiary/aromatic N) is 3. The van der Waals surface area contributed by atoms with E-state index >= 15 is 0 Å². The molecular weight excluding hydrogens is 330 g/mol. The second-order valence-electron chi connectivity index (χ2n) is 7.31. The molecule has 0 spiro atoms. The molecule has 1 heterocycles. The highest BCUT2D eigenvalue weighted by molar-refractivity contribution is 5.86. The van der Waals surface area contributed by atoms with Gasteiger partial charge in [0.05, 0.1) is 13.1 Å². The summed E-state index contributed by atoms with van der Waals surface area (Å²) in [5.74, 6) is 1.23. The monoisotopic (exact) mass is 363 g/mol. The van der Waals surface area contributed by atoms with Crippen LogP contribution in [-0.4, -0.2) is 54.5 Å². The van der Waals surface area contributed by atoms with Crippen LogP contribution in [0.15, 0.2) is 23.3 Å². The second-order valence-corrected chi connectivity index (χ2v) is 7.31. The van der Waals surface area contributed by atoms with Crippen LogP contribution in [0, 0.1) is 0 Å². The van der Waals surface area contributed by atoms with E-state index in [1.165, 1.54) is 0 Å². The fourth-order valence-corrected chi connectivity index (χ4v) is 1.92. The first-order valence-corrected chi connectivity index (χ1v) is 9.07. The molecule has 0 atom stereocenters. The number of likely N-dealkylation sites (N-methyl/N-ethyl adjacent to an activating group) is 1. The van der Waals surface area contributed by atoms with E-state index in [4.69, 9.17) is 4.74 Å². The predicted octanol–water partition coefficient (Wildman–Crippen LogP) is 2.18. The maximum atomic E-state index is 11.8. The molecule has 0 aliphatic carbocycles. The Morgan fingerprint density at radius 1 is 1.27 bits per heavy atom. The number of pyridine rings is 1. The lowest BCUT2D eigenvalue weighted by molar-refractivity contribution is -0.127. The second kappa shape index (κ2) is 10.6. The molecule has 146 valence electrons. The van der Waals surface area contributed by atoms with Gasteiger partial charge in [0.2, 0.25) is 11.8 Å². The fraction of sp³-hybridized carbons (Fsp3) is 0.632. The van der Waals surface area contributed by atoms with Crippen LogP contribution >= 0.6 is 0 Å². The fourth-order valence-electron chi connectivity index (χ4n) is 1.92. The molecule has 0 unspecified atom stereocenters. The molecule has 0 aliphatic rings. The van der Waals surface area contributed by atoms with Crippen LogP contribution in [0.4, 0.5) is 0 Å². The van der Waals surface area contributed by atoms with Gasteiger partial charge in [-0.15, -0.1) is 0 Å². The van der Waals surface area contributed by atoms with Gasteiger partial charge >= 0.3 is 0 Å². The van der Waals surface area contributed by atoms with Crippen LogP contribution in [0.2, 0.25) is 0 Å². The van der Waals surface area contributed by atoms with Crippen LogP contribution in [0.1, 0.15) is 46.1 Å². The van der Waals surface area contributed by atoms with Gasteiger partial charge < -0.3 is 20.3 Å². The van der Waals surface area contributed by atoms with Crippen molar-refractivity contribution in [2.24, 2.45) is 4.99 Å². The number of hydrogen-bond donors (Lipinski definition) is 2. The van der Waals surface area contributed by atoms with Gasteiger partial charge in [-0.2, -0.15) is 0 Å². The van der Waals surface area contributed by atoms with E-state index in [1.54, 1.807) is 25.2 Å². The van der Waals surface area contributed by atoms with E-state index in [2.05, 4.69) is 27.5 Å². The number of nitrogens with one attached hydrogen (secondary N) is 2. The molecule has 1 aromatic rings. The van der Waals surface area contributed by atoms with Crippen molar-refractivity contribution in [2.45, 2.75) is 52.7 Å². The third-order valence-electron chi connectivity index (χ3n) is 3.36. The molecular formula is C19H33N5O2. The molecule has 0 aromatic carbocycles. The van der Waals surface area contributed by atoms with Crippen LogP contribution in [0.25, 0.3) is 0 Å². The standard InChI is InChI=1S/C19H33N5O2/c1-7-8-11-20-18(23-14-17(25)24(5)6)22-13-15-9-10-16(21-12-15)26-19(2,3)4/h9-10,12H,7-8,11,13-14H2,1-6H3,(H2,20,22,23).